The van der Waals surface area contributed by atoms with E-state index in [0.29, 0.717) is 6.73 Å². The van der Waals surface area contributed by atoms with Gasteiger partial charge in [0.2, 0.25) is 6.73 Å². The Morgan fingerprint density at radius 1 is 1.20 bits per heavy atom. The molecule has 0 amide bonds. The first kappa shape index (κ1) is 25.7. The molecule has 1 aromatic carbocycles. The highest BCUT2D eigenvalue weighted by Gasteiger charge is 2.35. The summed E-state index contributed by atoms with van der Waals surface area (Å²) in [5.41, 5.74) is 2.78. The molecule has 35 heavy (non-hydrogen) atoms. The summed E-state index contributed by atoms with van der Waals surface area (Å²) in [5, 5.41) is 4.75. The molecule has 4 rings (SSSR count). The minimum Gasteiger partial charge on any atom is -0.415 e. The van der Waals surface area contributed by atoms with Crippen LogP contribution < -0.4 is 5.32 Å². The third-order valence-electron chi connectivity index (χ3n) is 7.31. The molecule has 2 aliphatic heterocycles. The number of nitrogens with zero attached hydrogens (tertiary/aromatic N) is 3. The van der Waals surface area contributed by atoms with E-state index in [1.807, 2.05) is 26.0 Å². The summed E-state index contributed by atoms with van der Waals surface area (Å²) < 4.78 is 6.63. The summed E-state index contributed by atoms with van der Waals surface area (Å²) in [6.45, 7) is 12.4. The van der Waals surface area contributed by atoms with E-state index in [1.165, 1.54) is 29.7 Å². The Balaban J connectivity index is 1.39. The number of aryl methyl sites for hydroxylation is 1. The number of para-hydroxylation sites is 2. The highest BCUT2D eigenvalue weighted by atomic mass is 32.1. The lowest BCUT2D eigenvalue weighted by molar-refractivity contribution is -0.929. The average molecular weight is 498 g/mol. The van der Waals surface area contributed by atoms with E-state index in [1.54, 1.807) is 11.3 Å². The summed E-state index contributed by atoms with van der Waals surface area (Å²) >= 11 is 1.78. The topological polar surface area (TPSA) is 53.9 Å². The van der Waals surface area contributed by atoms with Gasteiger partial charge in [-0.15, -0.1) is 11.3 Å². The molecule has 2 aliphatic rings. The Labute approximate surface area is 214 Å². The fourth-order valence-corrected chi connectivity index (χ4v) is 5.70. The normalized spacial score (nSPS) is 17.1. The number of carbonyl (C=O) groups is 1. The molecule has 1 aromatic heterocycles. The Hall–Kier alpha value is -2.38. The molecule has 2 aromatic rings. The van der Waals surface area contributed by atoms with Crippen LogP contribution >= 0.6 is 11.3 Å². The van der Waals surface area contributed by atoms with Gasteiger partial charge in [0.05, 0.1) is 55.6 Å². The minimum atomic E-state index is -0.419. The second-order valence-electron chi connectivity index (χ2n) is 11.0. The molecular formula is C28H41N4O2S+. The number of hydrogen-bond acceptors (Lipinski definition) is 6. The van der Waals surface area contributed by atoms with Crippen LogP contribution in [0.2, 0.25) is 0 Å². The number of likely N-dealkylation sites (N-methyl/N-ethyl adjacent to an activating group) is 1. The van der Waals surface area contributed by atoms with Crippen molar-refractivity contribution < 1.29 is 14.0 Å². The molecule has 6 nitrogen and oxygen atoms in total. The maximum atomic E-state index is 12.9. The van der Waals surface area contributed by atoms with E-state index in [2.05, 4.69) is 49.3 Å². The van der Waals surface area contributed by atoms with Gasteiger partial charge < -0.3 is 15.0 Å². The molecule has 1 N–H and O–H groups in total. The summed E-state index contributed by atoms with van der Waals surface area (Å²) in [4.78, 5) is 21.6. The second kappa shape index (κ2) is 10.7. The van der Waals surface area contributed by atoms with Gasteiger partial charge >= 0.3 is 5.97 Å². The summed E-state index contributed by atoms with van der Waals surface area (Å²) in [7, 11) is 2.20. The van der Waals surface area contributed by atoms with Crippen LogP contribution in [0.3, 0.4) is 0 Å². The summed E-state index contributed by atoms with van der Waals surface area (Å²) in [5.74, 6) is 0.975. The number of rotatable bonds is 8. The van der Waals surface area contributed by atoms with Crippen LogP contribution in [0.25, 0.3) is 0 Å². The van der Waals surface area contributed by atoms with E-state index in [9.17, 15) is 4.79 Å². The third kappa shape index (κ3) is 6.07. The van der Waals surface area contributed by atoms with Crippen molar-refractivity contribution >= 4 is 39.5 Å². The van der Waals surface area contributed by atoms with Crippen molar-refractivity contribution in [3.05, 3.63) is 40.8 Å². The Morgan fingerprint density at radius 3 is 2.69 bits per heavy atom. The van der Waals surface area contributed by atoms with Crippen molar-refractivity contribution in [2.24, 2.45) is 10.4 Å². The van der Waals surface area contributed by atoms with E-state index in [0.717, 1.165) is 65.7 Å². The van der Waals surface area contributed by atoms with Crippen molar-refractivity contribution in [3.8, 4) is 0 Å². The van der Waals surface area contributed by atoms with Crippen molar-refractivity contribution in [2.75, 3.05) is 45.3 Å². The average Bonchev–Trinajstić information content (AvgIpc) is 3.12. The summed E-state index contributed by atoms with van der Waals surface area (Å²) in [6, 6.07) is 10.5. The maximum absolute atomic E-state index is 12.9. The van der Waals surface area contributed by atoms with E-state index in [-0.39, 0.29) is 5.97 Å². The van der Waals surface area contributed by atoms with Gasteiger partial charge in [-0.05, 0) is 45.4 Å². The van der Waals surface area contributed by atoms with Crippen LogP contribution in [0.1, 0.15) is 63.3 Å². The predicted molar refractivity (Wildman–Crippen MR) is 146 cm³/mol. The Bertz CT molecular complexity index is 1070. The molecule has 190 valence electrons. The van der Waals surface area contributed by atoms with Gasteiger partial charge in [-0.1, -0.05) is 44.7 Å². The molecular weight excluding hydrogens is 456 g/mol. The predicted octanol–water partition coefficient (Wildman–Crippen LogP) is 6.45. The number of anilines is 2. The molecule has 7 heteroatoms. The molecule has 1 fully saturated rings. The number of unbranched alkanes of at least 4 members (excludes halogenated alkanes) is 3. The number of hydrogen-bond donors (Lipinski definition) is 1. The lowest BCUT2D eigenvalue weighted by Crippen LogP contribution is -2.59. The number of piperazine rings is 1. The number of nitrogens with one attached hydrogen (secondary N) is 1. The fraction of sp³-hybridized carbons (Fsp3) is 0.571. The standard InChI is InChI=1S/C28H41N4O2S/c1-6-7-8-11-14-28(3,4)27(33)34-20-32(5)17-15-31(16-18-32)25-22-19-21(2)35-26(22)30-24-13-10-9-12-23(24)29-25/h9-10,12-13,19,30H,6-8,11,14-18,20H2,1-5H3/q+1. The third-order valence-corrected chi connectivity index (χ3v) is 8.27. The molecule has 0 saturated carbocycles. The first-order valence-electron chi connectivity index (χ1n) is 13.0. The number of fused-ring (bicyclic) bond motifs is 2. The van der Waals surface area contributed by atoms with Gasteiger partial charge in [-0.3, -0.25) is 9.28 Å². The molecule has 0 atom stereocenters. The number of amidine groups is 1. The lowest BCUT2D eigenvalue weighted by Gasteiger charge is -2.42. The quantitative estimate of drug-likeness (QED) is 0.259. The Morgan fingerprint density at radius 2 is 1.94 bits per heavy atom. The van der Waals surface area contributed by atoms with Crippen LogP contribution in [0.4, 0.5) is 16.4 Å². The molecule has 0 spiro atoms. The highest BCUT2D eigenvalue weighted by molar-refractivity contribution is 7.16. The minimum absolute atomic E-state index is 0.0648. The number of ether oxygens (including phenoxy) is 1. The van der Waals surface area contributed by atoms with E-state index < -0.39 is 5.41 Å². The molecule has 0 bridgehead atoms. The van der Waals surface area contributed by atoms with Crippen LogP contribution in [-0.2, 0) is 9.53 Å². The van der Waals surface area contributed by atoms with Gasteiger partial charge in [0.1, 0.15) is 10.8 Å². The SMILES string of the molecule is CCCCCCC(C)(C)C(=O)OC[N+]1(C)CCN(C2=Nc3ccccc3Nc3sc(C)cc32)CC1. The molecule has 0 radical (unpaired) electrons. The van der Waals surface area contributed by atoms with Crippen molar-refractivity contribution in [3.63, 3.8) is 0 Å². The molecule has 0 unspecified atom stereocenters. The number of aliphatic imine (C=N–C) groups is 1. The highest BCUT2D eigenvalue weighted by Crippen LogP contribution is 2.39. The van der Waals surface area contributed by atoms with Crippen LogP contribution in [0, 0.1) is 12.3 Å². The van der Waals surface area contributed by atoms with Gasteiger partial charge in [0.15, 0.2) is 0 Å². The zero-order valence-electron chi connectivity index (χ0n) is 22.0. The zero-order chi connectivity index (χ0) is 25.1. The number of thiophene rings is 1. The largest absolute Gasteiger partial charge is 0.415 e. The van der Waals surface area contributed by atoms with Gasteiger partial charge in [-0.25, -0.2) is 4.99 Å². The summed E-state index contributed by atoms with van der Waals surface area (Å²) in [6.07, 6.45) is 5.60. The lowest BCUT2D eigenvalue weighted by atomic mass is 9.87. The van der Waals surface area contributed by atoms with Gasteiger partial charge in [0.25, 0.3) is 0 Å². The van der Waals surface area contributed by atoms with Gasteiger partial charge in [0, 0.05) is 4.88 Å². The van der Waals surface area contributed by atoms with E-state index >= 15 is 0 Å². The second-order valence-corrected chi connectivity index (χ2v) is 12.2. The molecule has 1 saturated heterocycles. The van der Waals surface area contributed by atoms with Crippen LogP contribution in [-0.4, -0.2) is 61.1 Å². The van der Waals surface area contributed by atoms with Crippen molar-refractivity contribution in [1.29, 1.82) is 0 Å². The first-order valence-corrected chi connectivity index (χ1v) is 13.8. The Kier molecular flexibility index (Phi) is 7.86. The fourth-order valence-electron chi connectivity index (χ4n) is 4.78. The maximum Gasteiger partial charge on any atom is 0.315 e. The van der Waals surface area contributed by atoms with Crippen LogP contribution in [0.5, 0.6) is 0 Å². The van der Waals surface area contributed by atoms with Crippen molar-refractivity contribution in [2.45, 2.75) is 59.8 Å². The number of quaternary nitrogens is 1. The van der Waals surface area contributed by atoms with Crippen LogP contribution in [0.15, 0.2) is 35.3 Å². The number of benzene rings is 1. The smallest absolute Gasteiger partial charge is 0.315 e. The monoisotopic (exact) mass is 497 g/mol. The zero-order valence-corrected chi connectivity index (χ0v) is 22.8. The van der Waals surface area contributed by atoms with Gasteiger partial charge in [-0.2, -0.15) is 0 Å². The number of esters is 1. The van der Waals surface area contributed by atoms with E-state index in [4.69, 9.17) is 9.73 Å². The first-order chi connectivity index (χ1) is 16.7. The number of carbonyl (C=O) groups excluding carboxylic acids is 1. The molecule has 0 aliphatic carbocycles. The van der Waals surface area contributed by atoms with Crippen molar-refractivity contribution in [1.82, 2.24) is 4.90 Å². The molecule has 3 heterocycles.